The molecule has 0 spiro atoms. The Morgan fingerprint density at radius 3 is 2.50 bits per heavy atom. The second-order valence-corrected chi connectivity index (χ2v) is 11.3. The number of hydrogen-bond acceptors (Lipinski definition) is 7. The molecule has 0 saturated carbocycles. The van der Waals surface area contributed by atoms with Gasteiger partial charge in [0.05, 0.1) is 17.5 Å². The van der Waals surface area contributed by atoms with Crippen LogP contribution in [0.3, 0.4) is 0 Å². The third kappa shape index (κ3) is 7.14. The van der Waals surface area contributed by atoms with Crippen LogP contribution in [0.4, 0.5) is 10.5 Å². The largest absolute Gasteiger partial charge is 0.465 e. The number of nitrogens with zero attached hydrogens (tertiary/aromatic N) is 3. The maximum atomic E-state index is 12.6. The molecule has 1 aliphatic rings. The molecule has 2 aromatic rings. The summed E-state index contributed by atoms with van der Waals surface area (Å²) in [5.74, 6) is 0.853. The number of carboxylic acid groups (broad SMARTS) is 1. The van der Waals surface area contributed by atoms with Gasteiger partial charge in [0, 0.05) is 18.0 Å². The predicted octanol–water partition coefficient (Wildman–Crippen LogP) is 3.25. The van der Waals surface area contributed by atoms with Crippen molar-refractivity contribution in [2.75, 3.05) is 30.8 Å². The van der Waals surface area contributed by atoms with Gasteiger partial charge in [-0.3, -0.25) is 4.90 Å². The Morgan fingerprint density at radius 2 is 1.94 bits per heavy atom. The highest BCUT2D eigenvalue weighted by Crippen LogP contribution is 2.36. The van der Waals surface area contributed by atoms with Crippen LogP contribution in [0.1, 0.15) is 45.9 Å². The summed E-state index contributed by atoms with van der Waals surface area (Å²) in [6.07, 6.45) is 1.92. The first-order valence-corrected chi connectivity index (χ1v) is 13.0. The zero-order valence-electron chi connectivity index (χ0n) is 19.9. The number of nitrogens with one attached hydrogen (secondary N) is 2. The highest BCUT2D eigenvalue weighted by molar-refractivity contribution is 7.88. The van der Waals surface area contributed by atoms with Crippen molar-refractivity contribution >= 4 is 34.2 Å². The van der Waals surface area contributed by atoms with Crippen molar-refractivity contribution in [2.45, 2.75) is 51.5 Å². The van der Waals surface area contributed by atoms with Gasteiger partial charge in [-0.2, -0.15) is 4.98 Å². The first kappa shape index (κ1) is 28.0. The van der Waals surface area contributed by atoms with Crippen molar-refractivity contribution in [3.63, 3.8) is 0 Å². The molecule has 190 valence electrons. The number of amides is 1. The van der Waals surface area contributed by atoms with Gasteiger partial charge in [-0.05, 0) is 50.4 Å². The quantitative estimate of drug-likeness (QED) is 0.487. The number of anilines is 1. The van der Waals surface area contributed by atoms with Crippen molar-refractivity contribution < 1.29 is 22.8 Å². The first-order valence-electron chi connectivity index (χ1n) is 11.1. The lowest BCUT2D eigenvalue weighted by Gasteiger charge is -2.38. The standard InChI is InChI=1S/C22H33N5O5S.ClH/c1-22(2,3)20-25-19(32-26-20)16-7-5-6-8-18(16)27(21(28)29)17(11-14-24-33(4,30)31)15-9-12-23-13-10-15;/h5-8,15,17,23-24H,9-14H2,1-4H3,(H,28,29);1H. The number of piperidine rings is 1. The van der Waals surface area contributed by atoms with Gasteiger partial charge < -0.3 is 14.9 Å². The molecule has 1 aromatic carbocycles. The molecule has 1 unspecified atom stereocenters. The van der Waals surface area contributed by atoms with Gasteiger partial charge >= 0.3 is 6.09 Å². The number of benzene rings is 1. The lowest BCUT2D eigenvalue weighted by Crippen LogP contribution is -2.48. The van der Waals surface area contributed by atoms with E-state index in [9.17, 15) is 18.3 Å². The zero-order valence-corrected chi connectivity index (χ0v) is 21.6. The van der Waals surface area contributed by atoms with Crippen LogP contribution in [0, 0.1) is 5.92 Å². The molecule has 34 heavy (non-hydrogen) atoms. The average molecular weight is 516 g/mol. The molecule has 2 heterocycles. The van der Waals surface area contributed by atoms with E-state index in [1.54, 1.807) is 24.3 Å². The van der Waals surface area contributed by atoms with Crippen LogP contribution in [0.2, 0.25) is 0 Å². The number of sulfonamides is 1. The van der Waals surface area contributed by atoms with Gasteiger partial charge in [0.25, 0.3) is 5.89 Å². The maximum Gasteiger partial charge on any atom is 0.412 e. The van der Waals surface area contributed by atoms with E-state index in [-0.39, 0.29) is 36.2 Å². The van der Waals surface area contributed by atoms with E-state index >= 15 is 0 Å². The number of aromatic nitrogens is 2. The fraction of sp³-hybridized carbons (Fsp3) is 0.591. The maximum absolute atomic E-state index is 12.6. The van der Waals surface area contributed by atoms with Crippen LogP contribution in [-0.2, 0) is 15.4 Å². The third-order valence-corrected chi connectivity index (χ3v) is 6.49. The molecule has 1 saturated heterocycles. The van der Waals surface area contributed by atoms with E-state index in [1.165, 1.54) is 4.90 Å². The Balaban J connectivity index is 0.00000408. The molecule has 0 bridgehead atoms. The van der Waals surface area contributed by atoms with Gasteiger partial charge in [0.1, 0.15) is 0 Å². The fourth-order valence-corrected chi connectivity index (χ4v) is 4.61. The molecule has 1 amide bonds. The Kier molecular flexibility index (Phi) is 9.46. The Morgan fingerprint density at radius 1 is 1.29 bits per heavy atom. The van der Waals surface area contributed by atoms with E-state index in [2.05, 4.69) is 20.2 Å². The molecular weight excluding hydrogens is 482 g/mol. The van der Waals surface area contributed by atoms with E-state index in [1.807, 2.05) is 20.8 Å². The monoisotopic (exact) mass is 515 g/mol. The summed E-state index contributed by atoms with van der Waals surface area (Å²) < 4.78 is 31.2. The van der Waals surface area contributed by atoms with E-state index in [0.29, 0.717) is 23.5 Å². The average Bonchev–Trinajstić information content (AvgIpc) is 3.23. The van der Waals surface area contributed by atoms with Crippen molar-refractivity contribution in [2.24, 2.45) is 5.92 Å². The summed E-state index contributed by atoms with van der Waals surface area (Å²) in [5, 5.41) is 17.7. The molecule has 12 heteroatoms. The van der Waals surface area contributed by atoms with Gasteiger partial charge in [-0.1, -0.05) is 38.1 Å². The highest BCUT2D eigenvalue weighted by Gasteiger charge is 2.35. The number of carbonyl (C=O) groups is 1. The molecular formula is C22H34ClN5O5S. The predicted molar refractivity (Wildman–Crippen MR) is 133 cm³/mol. The van der Waals surface area contributed by atoms with Crippen LogP contribution in [0.25, 0.3) is 11.5 Å². The third-order valence-electron chi connectivity index (χ3n) is 5.76. The van der Waals surface area contributed by atoms with Crippen LogP contribution in [0.15, 0.2) is 28.8 Å². The second-order valence-electron chi connectivity index (χ2n) is 9.45. The molecule has 3 rings (SSSR count). The summed E-state index contributed by atoms with van der Waals surface area (Å²) in [6.45, 7) is 7.63. The smallest absolute Gasteiger partial charge is 0.412 e. The SMILES string of the molecule is CC(C)(C)c1noc(-c2ccccc2N(C(=O)O)C(CCNS(C)(=O)=O)C2CCNCC2)n1.Cl. The van der Waals surface area contributed by atoms with Crippen molar-refractivity contribution in [3.8, 4) is 11.5 Å². The lowest BCUT2D eigenvalue weighted by atomic mass is 9.86. The van der Waals surface area contributed by atoms with E-state index < -0.39 is 22.2 Å². The van der Waals surface area contributed by atoms with Gasteiger partial charge in [-0.15, -0.1) is 12.4 Å². The fourth-order valence-electron chi connectivity index (χ4n) is 4.12. The van der Waals surface area contributed by atoms with Crippen LogP contribution < -0.4 is 14.9 Å². The number of hydrogen-bond donors (Lipinski definition) is 3. The Labute approximate surface area is 207 Å². The summed E-state index contributed by atoms with van der Waals surface area (Å²) in [7, 11) is -3.39. The van der Waals surface area contributed by atoms with Crippen LogP contribution >= 0.6 is 12.4 Å². The molecule has 1 atom stereocenters. The minimum atomic E-state index is -3.39. The molecule has 0 radical (unpaired) electrons. The first-order chi connectivity index (χ1) is 15.5. The number of para-hydroxylation sites is 1. The summed E-state index contributed by atoms with van der Waals surface area (Å²) in [5.41, 5.74) is 0.646. The summed E-state index contributed by atoms with van der Waals surface area (Å²) in [4.78, 5) is 18.5. The van der Waals surface area contributed by atoms with E-state index in [0.717, 1.165) is 32.2 Å². The van der Waals surface area contributed by atoms with Gasteiger partial charge in [-0.25, -0.2) is 17.9 Å². The molecule has 1 fully saturated rings. The van der Waals surface area contributed by atoms with Gasteiger partial charge in [0.2, 0.25) is 10.0 Å². The van der Waals surface area contributed by atoms with Crippen molar-refractivity contribution in [3.05, 3.63) is 30.1 Å². The molecule has 1 aromatic heterocycles. The lowest BCUT2D eigenvalue weighted by molar-refractivity contribution is 0.191. The minimum Gasteiger partial charge on any atom is -0.465 e. The summed E-state index contributed by atoms with van der Waals surface area (Å²) >= 11 is 0. The Bertz CT molecular complexity index is 1060. The molecule has 10 nitrogen and oxygen atoms in total. The normalized spacial score (nSPS) is 16.0. The molecule has 0 aliphatic carbocycles. The zero-order chi connectivity index (χ0) is 24.2. The Hall–Kier alpha value is -2.21. The van der Waals surface area contributed by atoms with Crippen LogP contribution in [0.5, 0.6) is 0 Å². The molecule has 3 N–H and O–H groups in total. The molecule has 1 aliphatic heterocycles. The minimum absolute atomic E-state index is 0. The highest BCUT2D eigenvalue weighted by atomic mass is 35.5. The van der Waals surface area contributed by atoms with Crippen LogP contribution in [-0.4, -0.2) is 61.7 Å². The number of halogens is 1. The van der Waals surface area contributed by atoms with Gasteiger partial charge in [0.15, 0.2) is 5.82 Å². The summed E-state index contributed by atoms with van der Waals surface area (Å²) in [6, 6.07) is 6.63. The van der Waals surface area contributed by atoms with E-state index in [4.69, 9.17) is 4.52 Å². The number of rotatable bonds is 8. The topological polar surface area (TPSA) is 138 Å². The van der Waals surface area contributed by atoms with Crippen molar-refractivity contribution in [1.29, 1.82) is 0 Å². The second kappa shape index (κ2) is 11.5. The van der Waals surface area contributed by atoms with Crippen molar-refractivity contribution in [1.82, 2.24) is 20.2 Å².